The van der Waals surface area contributed by atoms with Crippen LogP contribution < -0.4 is 0 Å². The molecule has 15 heteroatoms. The first-order valence-corrected chi connectivity index (χ1v) is 15.0. The molecule has 7 atom stereocenters. The summed E-state index contributed by atoms with van der Waals surface area (Å²) in [6, 6.07) is -2.27. The van der Waals surface area contributed by atoms with Crippen molar-refractivity contribution >= 4 is 41.4 Å². The molecular formula is C31H56N4O11. The Labute approximate surface area is 273 Å². The zero-order valence-electron chi connectivity index (χ0n) is 30.4. The maximum Gasteiger partial charge on any atom is 0.329 e. The van der Waals surface area contributed by atoms with E-state index in [1.54, 1.807) is 34.7 Å². The van der Waals surface area contributed by atoms with Crippen LogP contribution in [0.2, 0.25) is 0 Å². The highest BCUT2D eigenvalue weighted by Crippen LogP contribution is 2.10. The molecule has 0 saturated carbocycles. The number of carbonyl (C=O) groups excluding carboxylic acids is 7. The first kappa shape index (κ1) is 44.5. The Kier molecular flexibility index (Phi) is 19.9. The molecule has 15 nitrogen and oxygen atoms in total. The SMILES string of the molecule is COC(C)C(=O)N(C)C(C)C(=O)OC(C)C(=O)N(C)C(C)C.COC(C)C(=O)N(C)C(C)C(=O)OC(C)C(=O)N(C)C(C)C(C)=O. The van der Waals surface area contributed by atoms with Crippen LogP contribution in [0.15, 0.2) is 0 Å². The second-order valence-corrected chi connectivity index (χ2v) is 11.4. The number of amides is 4. The molecule has 0 radical (unpaired) electrons. The van der Waals surface area contributed by atoms with E-state index in [1.165, 1.54) is 82.7 Å². The minimum Gasteiger partial charge on any atom is -0.451 e. The molecule has 0 aliphatic heterocycles. The second-order valence-electron chi connectivity index (χ2n) is 11.4. The van der Waals surface area contributed by atoms with Gasteiger partial charge in [0.15, 0.2) is 18.0 Å². The second kappa shape index (κ2) is 20.5. The first-order chi connectivity index (χ1) is 21.0. The molecule has 7 unspecified atom stereocenters. The molecule has 46 heavy (non-hydrogen) atoms. The Hall–Kier alpha value is -3.59. The minimum atomic E-state index is -1.06. The van der Waals surface area contributed by atoms with Crippen molar-refractivity contribution in [3.8, 4) is 0 Å². The fraction of sp³-hybridized carbons (Fsp3) is 0.774. The van der Waals surface area contributed by atoms with Gasteiger partial charge >= 0.3 is 11.9 Å². The number of rotatable bonds is 15. The zero-order valence-corrected chi connectivity index (χ0v) is 30.4. The maximum absolute atomic E-state index is 12.2. The lowest BCUT2D eigenvalue weighted by Gasteiger charge is -2.29. The number of esters is 2. The van der Waals surface area contributed by atoms with Crippen molar-refractivity contribution in [1.29, 1.82) is 0 Å². The van der Waals surface area contributed by atoms with E-state index >= 15 is 0 Å². The number of ketones is 1. The highest BCUT2D eigenvalue weighted by Gasteiger charge is 2.32. The van der Waals surface area contributed by atoms with Gasteiger partial charge in [0.25, 0.3) is 23.6 Å². The van der Waals surface area contributed by atoms with E-state index in [2.05, 4.69) is 0 Å². The molecule has 0 fully saturated rings. The van der Waals surface area contributed by atoms with Crippen LogP contribution in [0.1, 0.15) is 69.2 Å². The van der Waals surface area contributed by atoms with E-state index in [0.717, 1.165) is 0 Å². The van der Waals surface area contributed by atoms with E-state index in [-0.39, 0.29) is 29.5 Å². The van der Waals surface area contributed by atoms with E-state index < -0.39 is 60.4 Å². The number of methoxy groups -OCH3 is 2. The summed E-state index contributed by atoms with van der Waals surface area (Å²) in [5, 5.41) is 0. The Balaban J connectivity index is 0. The van der Waals surface area contributed by atoms with Crippen molar-refractivity contribution in [2.75, 3.05) is 42.4 Å². The highest BCUT2D eigenvalue weighted by molar-refractivity contribution is 5.91. The fourth-order valence-electron chi connectivity index (χ4n) is 3.41. The quantitative estimate of drug-likeness (QED) is 0.229. The summed E-state index contributed by atoms with van der Waals surface area (Å²) in [5.74, 6) is -2.98. The average Bonchev–Trinajstić information content (AvgIpc) is 3.03. The molecule has 0 aliphatic carbocycles. The molecule has 0 aromatic rings. The predicted molar refractivity (Wildman–Crippen MR) is 169 cm³/mol. The van der Waals surface area contributed by atoms with Crippen LogP contribution in [0.4, 0.5) is 0 Å². The Bertz CT molecular complexity index is 1070. The number of likely N-dealkylation sites (N-methyl/N-ethyl adjacent to an activating group) is 4. The minimum absolute atomic E-state index is 0.0119. The van der Waals surface area contributed by atoms with Crippen LogP contribution in [-0.4, -0.2) is 152 Å². The molecule has 0 N–H and O–H groups in total. The standard InChI is InChI=1S/C16H28N2O6.C15H28N2O5/c1-9(11(3)19)17(6)15(21)13(5)24-16(22)10(2)18(7)14(20)12(4)23-8;1-9(2)16(6)14(19)12(5)22-15(20)10(3)17(7)13(18)11(4)21-8/h9-10,12-13H,1-8H3;9-12H,1-8H3. The van der Waals surface area contributed by atoms with Gasteiger partial charge in [-0.05, 0) is 69.2 Å². The van der Waals surface area contributed by atoms with Crippen LogP contribution in [-0.2, 0) is 52.5 Å². The highest BCUT2D eigenvalue weighted by atomic mass is 16.6. The number of hydrogen-bond donors (Lipinski definition) is 0. The third-order valence-electron chi connectivity index (χ3n) is 7.86. The number of hydrogen-bond acceptors (Lipinski definition) is 11. The van der Waals surface area contributed by atoms with Gasteiger partial charge in [0.05, 0.1) is 6.04 Å². The summed E-state index contributed by atoms with van der Waals surface area (Å²) < 4.78 is 20.2. The van der Waals surface area contributed by atoms with Gasteiger partial charge in [-0.3, -0.25) is 24.0 Å². The lowest BCUT2D eigenvalue weighted by Crippen LogP contribution is -2.49. The molecule has 0 aromatic heterocycles. The first-order valence-electron chi connectivity index (χ1n) is 15.0. The van der Waals surface area contributed by atoms with Crippen molar-refractivity contribution in [2.45, 2.75) is 118 Å². The van der Waals surface area contributed by atoms with Crippen molar-refractivity contribution < 1.29 is 52.5 Å². The lowest BCUT2D eigenvalue weighted by molar-refractivity contribution is -0.166. The van der Waals surface area contributed by atoms with Crippen LogP contribution in [0.25, 0.3) is 0 Å². The summed E-state index contributed by atoms with van der Waals surface area (Å²) in [5.41, 5.74) is 0. The normalized spacial score (nSPS) is 15.3. The Morgan fingerprint density at radius 3 is 0.957 bits per heavy atom. The molecule has 0 rings (SSSR count). The van der Waals surface area contributed by atoms with Gasteiger partial charge in [0.1, 0.15) is 24.3 Å². The lowest BCUT2D eigenvalue weighted by atomic mass is 10.2. The van der Waals surface area contributed by atoms with E-state index in [9.17, 15) is 33.6 Å². The third kappa shape index (κ3) is 13.4. The van der Waals surface area contributed by atoms with Gasteiger partial charge in [0, 0.05) is 48.5 Å². The zero-order chi connectivity index (χ0) is 36.8. The van der Waals surface area contributed by atoms with Gasteiger partial charge in [0.2, 0.25) is 0 Å². The fourth-order valence-corrected chi connectivity index (χ4v) is 3.41. The summed E-state index contributed by atoms with van der Waals surface area (Å²) in [7, 11) is 8.89. The van der Waals surface area contributed by atoms with E-state index in [1.807, 2.05) is 13.8 Å². The van der Waals surface area contributed by atoms with Crippen LogP contribution in [0.5, 0.6) is 0 Å². The van der Waals surface area contributed by atoms with Gasteiger partial charge in [-0.1, -0.05) is 0 Å². The van der Waals surface area contributed by atoms with Crippen LogP contribution >= 0.6 is 0 Å². The van der Waals surface area contributed by atoms with E-state index in [4.69, 9.17) is 18.9 Å². The molecule has 0 aromatic carbocycles. The Morgan fingerprint density at radius 1 is 0.435 bits per heavy atom. The monoisotopic (exact) mass is 660 g/mol. The molecule has 0 aliphatic rings. The van der Waals surface area contributed by atoms with E-state index in [0.29, 0.717) is 0 Å². The predicted octanol–water partition coefficient (Wildman–Crippen LogP) is 0.903. The van der Waals surface area contributed by atoms with Gasteiger partial charge < -0.3 is 38.5 Å². The Morgan fingerprint density at radius 2 is 0.696 bits per heavy atom. The van der Waals surface area contributed by atoms with Crippen LogP contribution in [0.3, 0.4) is 0 Å². The summed E-state index contributed by atoms with van der Waals surface area (Å²) in [6.45, 7) is 15.9. The number of nitrogens with zero attached hydrogens (tertiary/aromatic N) is 4. The molecule has 4 amide bonds. The van der Waals surface area contributed by atoms with Crippen molar-refractivity contribution in [3.05, 3.63) is 0 Å². The molecule has 0 heterocycles. The molecule has 0 saturated heterocycles. The molecule has 0 spiro atoms. The largest absolute Gasteiger partial charge is 0.451 e. The summed E-state index contributed by atoms with van der Waals surface area (Å²) >= 11 is 0. The number of Topliss-reactive ketones (excluding diaryl/α,β-unsaturated/α-hetero) is 1. The van der Waals surface area contributed by atoms with Crippen molar-refractivity contribution in [2.24, 2.45) is 0 Å². The number of carbonyl (C=O) groups is 7. The topological polar surface area (TPSA) is 169 Å². The summed E-state index contributed by atoms with van der Waals surface area (Å²) in [6.07, 6.45) is -3.29. The van der Waals surface area contributed by atoms with Gasteiger partial charge in [-0.2, -0.15) is 0 Å². The molecule has 0 bridgehead atoms. The van der Waals surface area contributed by atoms with Crippen molar-refractivity contribution in [3.63, 3.8) is 0 Å². The molecule has 266 valence electrons. The smallest absolute Gasteiger partial charge is 0.329 e. The maximum atomic E-state index is 12.2. The van der Waals surface area contributed by atoms with Gasteiger partial charge in [-0.25, -0.2) is 9.59 Å². The van der Waals surface area contributed by atoms with Crippen molar-refractivity contribution in [1.82, 2.24) is 19.6 Å². The third-order valence-corrected chi connectivity index (χ3v) is 7.86. The summed E-state index contributed by atoms with van der Waals surface area (Å²) in [4.78, 5) is 89.0. The van der Waals surface area contributed by atoms with Crippen LogP contribution in [0, 0.1) is 0 Å². The molecular weight excluding hydrogens is 604 g/mol. The average molecular weight is 661 g/mol. The number of ether oxygens (including phenoxy) is 4. The van der Waals surface area contributed by atoms with Gasteiger partial charge in [-0.15, -0.1) is 0 Å².